The number of hydrogen-bond donors (Lipinski definition) is 1. The lowest BCUT2D eigenvalue weighted by molar-refractivity contribution is 0.231. The first-order valence-corrected chi connectivity index (χ1v) is 6.25. The number of rotatable bonds is 3. The van der Waals surface area contributed by atoms with Crippen molar-refractivity contribution in [1.29, 1.82) is 0 Å². The molecule has 0 bridgehead atoms. The normalized spacial score (nSPS) is 16.7. The van der Waals surface area contributed by atoms with Crippen molar-refractivity contribution in [3.05, 3.63) is 17.5 Å². The van der Waals surface area contributed by atoms with Gasteiger partial charge >= 0.3 is 0 Å². The number of piperazine rings is 1. The van der Waals surface area contributed by atoms with Gasteiger partial charge in [-0.1, -0.05) is 25.9 Å². The summed E-state index contributed by atoms with van der Waals surface area (Å²) in [7, 11) is 0. The summed E-state index contributed by atoms with van der Waals surface area (Å²) < 4.78 is 5.16. The number of aromatic nitrogens is 1. The zero-order chi connectivity index (χ0) is 11.8. The monoisotopic (exact) mass is 225 g/mol. The summed E-state index contributed by atoms with van der Waals surface area (Å²) in [5, 5.41) is 7.18. The first-order valence-electron chi connectivity index (χ1n) is 6.25. The lowest BCUT2D eigenvalue weighted by atomic mass is 10.2. The van der Waals surface area contributed by atoms with Gasteiger partial charge in [-0.2, -0.15) is 0 Å². The van der Waals surface area contributed by atoms with Gasteiger partial charge in [0.25, 0.3) is 0 Å². The van der Waals surface area contributed by atoms with E-state index < -0.39 is 0 Å². The third-order valence-corrected chi connectivity index (χ3v) is 2.65. The molecule has 1 saturated heterocycles. The standard InChI is InChI=1S/C10H17N3O.C2H6/c1-2-10-9(7-12-14-10)8-13-5-3-11-4-6-13;1-2/h7,11H,2-6,8H2,1H3;1-2H3. The van der Waals surface area contributed by atoms with Crippen LogP contribution in [0.1, 0.15) is 32.1 Å². The predicted octanol–water partition coefficient (Wildman–Crippen LogP) is 1.67. The topological polar surface area (TPSA) is 41.3 Å². The Morgan fingerprint density at radius 3 is 2.69 bits per heavy atom. The van der Waals surface area contributed by atoms with Gasteiger partial charge in [0.15, 0.2) is 0 Å². The predicted molar refractivity (Wildman–Crippen MR) is 65.4 cm³/mol. The second-order valence-electron chi connectivity index (χ2n) is 3.65. The number of nitrogens with one attached hydrogen (secondary N) is 1. The molecular formula is C12H23N3O. The van der Waals surface area contributed by atoms with E-state index in [0.29, 0.717) is 0 Å². The Balaban J connectivity index is 0.000000606. The maximum Gasteiger partial charge on any atom is 0.140 e. The van der Waals surface area contributed by atoms with Crippen LogP contribution in [-0.2, 0) is 13.0 Å². The fraction of sp³-hybridized carbons (Fsp3) is 0.750. The molecule has 0 aromatic carbocycles. The molecule has 1 aliphatic rings. The van der Waals surface area contributed by atoms with E-state index in [1.165, 1.54) is 5.56 Å². The second kappa shape index (κ2) is 7.41. The molecule has 1 fully saturated rings. The van der Waals surface area contributed by atoms with Gasteiger partial charge in [-0.25, -0.2) is 0 Å². The van der Waals surface area contributed by atoms with E-state index in [4.69, 9.17) is 4.52 Å². The third-order valence-electron chi connectivity index (χ3n) is 2.65. The van der Waals surface area contributed by atoms with Crippen molar-refractivity contribution >= 4 is 0 Å². The zero-order valence-electron chi connectivity index (χ0n) is 10.6. The van der Waals surface area contributed by atoms with Crippen LogP contribution in [0.15, 0.2) is 10.7 Å². The van der Waals surface area contributed by atoms with Crippen LogP contribution in [0.5, 0.6) is 0 Å². The van der Waals surface area contributed by atoms with Crippen molar-refractivity contribution in [2.45, 2.75) is 33.7 Å². The van der Waals surface area contributed by atoms with Crippen LogP contribution < -0.4 is 5.32 Å². The first kappa shape index (κ1) is 13.2. The van der Waals surface area contributed by atoms with E-state index in [-0.39, 0.29) is 0 Å². The van der Waals surface area contributed by atoms with E-state index in [1.807, 2.05) is 20.0 Å². The molecule has 1 N–H and O–H groups in total. The number of aryl methyl sites for hydroxylation is 1. The number of nitrogens with zero attached hydrogens (tertiary/aromatic N) is 2. The quantitative estimate of drug-likeness (QED) is 0.849. The molecule has 1 aliphatic heterocycles. The van der Waals surface area contributed by atoms with Crippen LogP contribution in [-0.4, -0.2) is 36.2 Å². The van der Waals surface area contributed by atoms with E-state index in [2.05, 4.69) is 22.3 Å². The Hall–Kier alpha value is -0.870. The molecule has 0 atom stereocenters. The van der Waals surface area contributed by atoms with Crippen molar-refractivity contribution in [3.63, 3.8) is 0 Å². The summed E-state index contributed by atoms with van der Waals surface area (Å²) in [6, 6.07) is 0. The molecule has 1 aromatic heterocycles. The minimum absolute atomic E-state index is 0.932. The van der Waals surface area contributed by atoms with Crippen molar-refractivity contribution in [1.82, 2.24) is 15.4 Å². The van der Waals surface area contributed by atoms with Crippen LogP contribution in [0.25, 0.3) is 0 Å². The molecule has 0 spiro atoms. The number of hydrogen-bond acceptors (Lipinski definition) is 4. The van der Waals surface area contributed by atoms with Gasteiger partial charge in [0.2, 0.25) is 0 Å². The van der Waals surface area contributed by atoms with Gasteiger partial charge in [-0.15, -0.1) is 0 Å². The zero-order valence-corrected chi connectivity index (χ0v) is 10.6. The smallest absolute Gasteiger partial charge is 0.140 e. The molecule has 92 valence electrons. The van der Waals surface area contributed by atoms with E-state index in [9.17, 15) is 0 Å². The van der Waals surface area contributed by atoms with Gasteiger partial charge in [-0.3, -0.25) is 4.90 Å². The van der Waals surface area contributed by atoms with Crippen LogP contribution >= 0.6 is 0 Å². The van der Waals surface area contributed by atoms with Gasteiger partial charge in [0.05, 0.1) is 6.20 Å². The molecule has 4 heteroatoms. The Kier molecular flexibility index (Phi) is 6.11. The minimum atomic E-state index is 0.932. The highest BCUT2D eigenvalue weighted by atomic mass is 16.5. The Morgan fingerprint density at radius 2 is 2.06 bits per heavy atom. The summed E-state index contributed by atoms with van der Waals surface area (Å²) in [5.41, 5.74) is 1.24. The van der Waals surface area contributed by atoms with Gasteiger partial charge < -0.3 is 9.84 Å². The van der Waals surface area contributed by atoms with Crippen molar-refractivity contribution in [2.75, 3.05) is 26.2 Å². The van der Waals surface area contributed by atoms with Gasteiger partial charge in [0.1, 0.15) is 5.76 Å². The summed E-state index contributed by atoms with van der Waals surface area (Å²) in [6.45, 7) is 11.5. The largest absolute Gasteiger partial charge is 0.361 e. The summed E-state index contributed by atoms with van der Waals surface area (Å²) >= 11 is 0. The molecule has 16 heavy (non-hydrogen) atoms. The van der Waals surface area contributed by atoms with E-state index >= 15 is 0 Å². The minimum Gasteiger partial charge on any atom is -0.361 e. The third kappa shape index (κ3) is 3.61. The lowest BCUT2D eigenvalue weighted by Gasteiger charge is -2.26. The first-order chi connectivity index (χ1) is 7.90. The SMILES string of the molecule is CC.CCc1oncc1CN1CCNCC1. The highest BCUT2D eigenvalue weighted by molar-refractivity contribution is 5.13. The molecule has 1 aromatic rings. The Bertz CT molecular complexity index is 280. The molecule has 0 amide bonds. The molecule has 0 radical (unpaired) electrons. The molecule has 0 unspecified atom stereocenters. The fourth-order valence-electron chi connectivity index (χ4n) is 1.81. The average Bonchev–Trinajstić information content (AvgIpc) is 2.80. The molecule has 0 aliphatic carbocycles. The van der Waals surface area contributed by atoms with Crippen molar-refractivity contribution in [2.24, 2.45) is 0 Å². The fourth-order valence-corrected chi connectivity index (χ4v) is 1.81. The second-order valence-corrected chi connectivity index (χ2v) is 3.65. The highest BCUT2D eigenvalue weighted by Crippen LogP contribution is 2.11. The van der Waals surface area contributed by atoms with Crippen molar-refractivity contribution < 1.29 is 4.52 Å². The van der Waals surface area contributed by atoms with E-state index in [0.717, 1.165) is 44.9 Å². The average molecular weight is 225 g/mol. The summed E-state index contributed by atoms with van der Waals surface area (Å²) in [6.07, 6.45) is 2.78. The Labute approximate surface area is 98.0 Å². The highest BCUT2D eigenvalue weighted by Gasteiger charge is 2.13. The molecule has 0 saturated carbocycles. The van der Waals surface area contributed by atoms with Crippen LogP contribution in [0.2, 0.25) is 0 Å². The molecular weight excluding hydrogens is 202 g/mol. The Morgan fingerprint density at radius 1 is 1.38 bits per heavy atom. The summed E-state index contributed by atoms with van der Waals surface area (Å²) in [5.74, 6) is 1.03. The van der Waals surface area contributed by atoms with Crippen molar-refractivity contribution in [3.8, 4) is 0 Å². The van der Waals surface area contributed by atoms with Crippen LogP contribution in [0.4, 0.5) is 0 Å². The molecule has 4 nitrogen and oxygen atoms in total. The maximum absolute atomic E-state index is 5.16. The van der Waals surface area contributed by atoms with Crippen LogP contribution in [0.3, 0.4) is 0 Å². The molecule has 2 rings (SSSR count). The van der Waals surface area contributed by atoms with Gasteiger partial charge in [0, 0.05) is 44.7 Å². The van der Waals surface area contributed by atoms with Gasteiger partial charge in [-0.05, 0) is 0 Å². The van der Waals surface area contributed by atoms with E-state index in [1.54, 1.807) is 0 Å². The lowest BCUT2D eigenvalue weighted by Crippen LogP contribution is -2.42. The molecule has 2 heterocycles. The maximum atomic E-state index is 5.16. The summed E-state index contributed by atoms with van der Waals surface area (Å²) in [4.78, 5) is 2.43. The van der Waals surface area contributed by atoms with Crippen LogP contribution in [0, 0.1) is 0 Å².